The second-order valence-corrected chi connectivity index (χ2v) is 9.20. The molecule has 2 amide bonds. The largest absolute Gasteiger partial charge is 0.493 e. The minimum Gasteiger partial charge on any atom is -0.493 e. The summed E-state index contributed by atoms with van der Waals surface area (Å²) in [5.41, 5.74) is 1.64. The Balaban J connectivity index is 1.61. The summed E-state index contributed by atoms with van der Waals surface area (Å²) in [6.45, 7) is 5.19. The molecule has 0 aromatic heterocycles. The lowest BCUT2D eigenvalue weighted by Crippen LogP contribution is -2.56. The zero-order valence-electron chi connectivity index (χ0n) is 20.1. The number of nitrogens with zero attached hydrogens (tertiary/aromatic N) is 2. The van der Waals surface area contributed by atoms with Crippen LogP contribution in [0.25, 0.3) is 0 Å². The summed E-state index contributed by atoms with van der Waals surface area (Å²) in [6.07, 6.45) is -2.49. The van der Waals surface area contributed by atoms with Gasteiger partial charge in [0.15, 0.2) is 0 Å². The van der Waals surface area contributed by atoms with E-state index in [1.54, 1.807) is 12.1 Å². The van der Waals surface area contributed by atoms with Crippen molar-refractivity contribution in [1.29, 1.82) is 0 Å². The smallest absolute Gasteiger partial charge is 0.407 e. The van der Waals surface area contributed by atoms with Gasteiger partial charge in [-0.3, -0.25) is 4.79 Å². The van der Waals surface area contributed by atoms with Crippen LogP contribution in [-0.4, -0.2) is 65.4 Å². The van der Waals surface area contributed by atoms with E-state index in [-0.39, 0.29) is 38.5 Å². The number of nitrogens with one attached hydrogen (secondary N) is 1. The van der Waals surface area contributed by atoms with Crippen LogP contribution in [0.4, 0.5) is 13.6 Å². The molecule has 0 radical (unpaired) electrons. The highest BCUT2D eigenvalue weighted by Crippen LogP contribution is 2.22. The first-order chi connectivity index (χ1) is 16.7. The molecule has 1 heterocycles. The van der Waals surface area contributed by atoms with Gasteiger partial charge in [0.1, 0.15) is 17.7 Å². The minimum absolute atomic E-state index is 0.0152. The van der Waals surface area contributed by atoms with Gasteiger partial charge in [0.05, 0.1) is 25.7 Å². The zero-order valence-corrected chi connectivity index (χ0v) is 20.1. The van der Waals surface area contributed by atoms with E-state index in [4.69, 9.17) is 4.74 Å². The third kappa shape index (κ3) is 7.92. The molecule has 35 heavy (non-hydrogen) atoms. The van der Waals surface area contributed by atoms with Gasteiger partial charge in [-0.05, 0) is 47.7 Å². The van der Waals surface area contributed by atoms with Crippen LogP contribution in [0.1, 0.15) is 31.4 Å². The van der Waals surface area contributed by atoms with Gasteiger partial charge in [-0.25, -0.2) is 13.6 Å². The van der Waals surface area contributed by atoms with Crippen LogP contribution in [0.3, 0.4) is 0 Å². The fraction of sp³-hybridized carbons (Fsp3) is 0.462. The molecule has 2 atom stereocenters. The van der Waals surface area contributed by atoms with E-state index >= 15 is 0 Å². The summed E-state index contributed by atoms with van der Waals surface area (Å²) in [6, 6.07) is 12.6. The van der Waals surface area contributed by atoms with Gasteiger partial charge in [-0.2, -0.15) is 0 Å². The summed E-state index contributed by atoms with van der Waals surface area (Å²) in [5, 5.41) is 12.3. The fourth-order valence-corrected chi connectivity index (χ4v) is 3.98. The molecular formula is C26H33F2N3O4. The molecule has 0 spiro atoms. The summed E-state index contributed by atoms with van der Waals surface area (Å²) < 4.78 is 34.0. The number of carbonyl (C=O) groups excluding carboxylic acids is 1. The molecular weight excluding hydrogens is 456 g/mol. The average Bonchev–Trinajstić information content (AvgIpc) is 2.83. The van der Waals surface area contributed by atoms with E-state index in [0.29, 0.717) is 24.6 Å². The maximum atomic E-state index is 15.0. The third-order valence-corrected chi connectivity index (χ3v) is 5.88. The number of rotatable bonds is 10. The van der Waals surface area contributed by atoms with E-state index in [0.717, 1.165) is 16.2 Å². The molecule has 0 aliphatic carbocycles. The van der Waals surface area contributed by atoms with Crippen LogP contribution in [0.5, 0.6) is 5.75 Å². The lowest BCUT2D eigenvalue weighted by atomic mass is 10.00. The first kappa shape index (κ1) is 26.4. The van der Waals surface area contributed by atoms with Crippen molar-refractivity contribution in [2.75, 3.05) is 26.2 Å². The molecule has 3 rings (SSSR count). The van der Waals surface area contributed by atoms with Crippen LogP contribution >= 0.6 is 0 Å². The van der Waals surface area contributed by atoms with Crippen molar-refractivity contribution < 1.29 is 28.2 Å². The summed E-state index contributed by atoms with van der Waals surface area (Å²) >= 11 is 0. The normalized spacial score (nSPS) is 17.9. The second-order valence-electron chi connectivity index (χ2n) is 9.20. The Bertz CT molecular complexity index is 970. The molecule has 0 unspecified atom stereocenters. The lowest BCUT2D eigenvalue weighted by Gasteiger charge is -2.40. The Hall–Kier alpha value is -3.20. The van der Waals surface area contributed by atoms with Crippen molar-refractivity contribution in [3.63, 3.8) is 0 Å². The predicted molar refractivity (Wildman–Crippen MR) is 128 cm³/mol. The van der Waals surface area contributed by atoms with Gasteiger partial charge in [-0.15, -0.1) is 0 Å². The topological polar surface area (TPSA) is 82.1 Å². The molecule has 1 saturated heterocycles. The van der Waals surface area contributed by atoms with E-state index in [9.17, 15) is 23.5 Å². The first-order valence-electron chi connectivity index (χ1n) is 11.8. The fourth-order valence-electron chi connectivity index (χ4n) is 3.98. The third-order valence-electron chi connectivity index (χ3n) is 5.88. The number of alkyl halides is 1. The van der Waals surface area contributed by atoms with Crippen LogP contribution in [0, 0.1) is 11.7 Å². The number of hydrogen-bond donors (Lipinski definition) is 2. The molecule has 7 nitrogen and oxygen atoms in total. The second kappa shape index (κ2) is 12.5. The van der Waals surface area contributed by atoms with Gasteiger partial charge < -0.3 is 25.0 Å². The van der Waals surface area contributed by atoms with Crippen molar-refractivity contribution in [2.45, 2.75) is 45.6 Å². The molecule has 2 aromatic carbocycles. The first-order valence-corrected chi connectivity index (χ1v) is 11.8. The number of likely N-dealkylation sites (tertiary alicyclic amines) is 1. The molecule has 9 heteroatoms. The molecule has 0 saturated carbocycles. The molecule has 1 aliphatic rings. The highest BCUT2D eigenvalue weighted by atomic mass is 19.1. The molecule has 1 fully saturated rings. The molecule has 0 bridgehead atoms. The van der Waals surface area contributed by atoms with Crippen molar-refractivity contribution in [3.8, 4) is 5.75 Å². The Labute approximate surface area is 204 Å². The molecule has 1 aliphatic heterocycles. The molecule has 190 valence electrons. The Morgan fingerprint density at radius 1 is 1.14 bits per heavy atom. The maximum absolute atomic E-state index is 15.0. The van der Waals surface area contributed by atoms with Gasteiger partial charge in [-0.1, -0.05) is 38.1 Å². The summed E-state index contributed by atoms with van der Waals surface area (Å²) in [4.78, 5) is 26.8. The predicted octanol–water partition coefficient (Wildman–Crippen LogP) is 4.07. The Morgan fingerprint density at radius 2 is 1.80 bits per heavy atom. The minimum atomic E-state index is -1.51. The highest BCUT2D eigenvalue weighted by molar-refractivity contribution is 5.78. The van der Waals surface area contributed by atoms with Gasteiger partial charge in [0.25, 0.3) is 0 Å². The van der Waals surface area contributed by atoms with E-state index in [1.165, 1.54) is 17.0 Å². The van der Waals surface area contributed by atoms with E-state index < -0.39 is 24.1 Å². The van der Waals surface area contributed by atoms with Crippen LogP contribution in [-0.2, 0) is 17.9 Å². The van der Waals surface area contributed by atoms with Crippen LogP contribution in [0.2, 0.25) is 0 Å². The van der Waals surface area contributed by atoms with Crippen molar-refractivity contribution in [2.24, 2.45) is 5.92 Å². The number of benzene rings is 2. The number of carboxylic acid groups (broad SMARTS) is 1. The quantitative estimate of drug-likeness (QED) is 0.526. The van der Waals surface area contributed by atoms with E-state index in [2.05, 4.69) is 19.2 Å². The summed E-state index contributed by atoms with van der Waals surface area (Å²) in [5.74, 6) is 0.515. The maximum Gasteiger partial charge on any atom is 0.407 e. The zero-order chi connectivity index (χ0) is 25.4. The number of halogens is 2. The van der Waals surface area contributed by atoms with Gasteiger partial charge in [0, 0.05) is 19.6 Å². The van der Waals surface area contributed by atoms with Gasteiger partial charge >= 0.3 is 6.09 Å². The standard InChI is InChI=1S/C26H33F2N3O4/c1-18(2)17-35-22-9-5-19(6-10-22)13-29-14-25(32)31(15-20-3-7-21(27)8-4-20)24-11-12-30(26(33)34)16-23(24)28/h3-10,18,23-24,29H,11-17H2,1-2H3,(H,33,34)/t23-,24+/m1/s1. The summed E-state index contributed by atoms with van der Waals surface area (Å²) in [7, 11) is 0. The SMILES string of the molecule is CC(C)COc1ccc(CNCC(=O)N(Cc2ccc(F)cc2)[C@H]2CCN(C(=O)O)C[C@H]2F)cc1. The van der Waals surface area contributed by atoms with Crippen LogP contribution in [0.15, 0.2) is 48.5 Å². The number of hydrogen-bond acceptors (Lipinski definition) is 4. The number of piperidine rings is 1. The molecule has 2 N–H and O–H groups in total. The van der Waals surface area contributed by atoms with E-state index in [1.807, 2.05) is 24.3 Å². The average molecular weight is 490 g/mol. The highest BCUT2D eigenvalue weighted by Gasteiger charge is 2.37. The number of carbonyl (C=O) groups is 2. The Kier molecular flexibility index (Phi) is 9.42. The Morgan fingerprint density at radius 3 is 2.40 bits per heavy atom. The van der Waals surface area contributed by atoms with Crippen molar-refractivity contribution in [1.82, 2.24) is 15.1 Å². The van der Waals surface area contributed by atoms with Crippen molar-refractivity contribution >= 4 is 12.0 Å². The number of ether oxygens (including phenoxy) is 1. The molecule has 2 aromatic rings. The number of amides is 2. The van der Waals surface area contributed by atoms with Gasteiger partial charge in [0.2, 0.25) is 5.91 Å². The lowest BCUT2D eigenvalue weighted by molar-refractivity contribution is -0.136. The van der Waals surface area contributed by atoms with Crippen molar-refractivity contribution in [3.05, 3.63) is 65.5 Å². The monoisotopic (exact) mass is 489 g/mol. The van der Waals surface area contributed by atoms with Crippen LogP contribution < -0.4 is 10.1 Å².